The highest BCUT2D eigenvalue weighted by Crippen LogP contribution is 2.50. The van der Waals surface area contributed by atoms with Gasteiger partial charge in [-0.1, -0.05) is 0 Å². The molecule has 4 fully saturated rings. The number of nitrogens with one attached hydrogen (secondary N) is 2. The third kappa shape index (κ3) is 4.43. The van der Waals surface area contributed by atoms with Crippen molar-refractivity contribution in [3.05, 3.63) is 17.7 Å². The number of amides is 1. The Labute approximate surface area is 198 Å². The van der Waals surface area contributed by atoms with E-state index in [-0.39, 0.29) is 24.8 Å². The molecule has 188 valence electrons. The van der Waals surface area contributed by atoms with Gasteiger partial charge in [-0.2, -0.15) is 13.2 Å². The minimum Gasteiger partial charge on any atom is -0.397 e. The Morgan fingerprint density at radius 3 is 2.26 bits per heavy atom. The van der Waals surface area contributed by atoms with Gasteiger partial charge in [-0.3, -0.25) is 4.79 Å². The first-order chi connectivity index (χ1) is 15.9. The number of aliphatic hydroxyl groups is 1. The van der Waals surface area contributed by atoms with Gasteiger partial charge in [0.05, 0.1) is 39.7 Å². The van der Waals surface area contributed by atoms with Gasteiger partial charge in [-0.05, 0) is 82.8 Å². The summed E-state index contributed by atoms with van der Waals surface area (Å²) in [6.07, 6.45) is -0.545. The minimum absolute atomic E-state index is 0.0425. The van der Waals surface area contributed by atoms with Crippen molar-refractivity contribution in [3.8, 4) is 0 Å². The van der Waals surface area contributed by atoms with Crippen molar-refractivity contribution < 1.29 is 23.1 Å². The Balaban J connectivity index is 1.36. The number of rotatable bonds is 6. The van der Waals surface area contributed by atoms with Gasteiger partial charge in [0, 0.05) is 19.1 Å². The molecule has 3 aliphatic carbocycles. The molecule has 1 aromatic rings. The van der Waals surface area contributed by atoms with Crippen LogP contribution < -0.4 is 21.3 Å². The molecule has 9 heteroatoms. The van der Waals surface area contributed by atoms with E-state index in [1.807, 2.05) is 6.07 Å². The van der Waals surface area contributed by atoms with Crippen LogP contribution >= 0.6 is 0 Å². The molecule has 2 atom stereocenters. The zero-order valence-corrected chi connectivity index (χ0v) is 19.8. The number of halogens is 3. The first kappa shape index (κ1) is 23.6. The molecule has 3 saturated carbocycles. The van der Waals surface area contributed by atoms with Crippen molar-refractivity contribution in [2.24, 2.45) is 17.8 Å². The molecule has 4 aliphatic rings. The van der Waals surface area contributed by atoms with E-state index in [2.05, 4.69) is 15.5 Å². The topological polar surface area (TPSA) is 90.6 Å². The molecular formula is C25H35F3N4O2. The normalized spacial score (nSPS) is 30.0. The second-order valence-corrected chi connectivity index (χ2v) is 11.4. The van der Waals surface area contributed by atoms with Crippen molar-refractivity contribution in [1.29, 1.82) is 0 Å². The van der Waals surface area contributed by atoms with Crippen LogP contribution in [0.1, 0.15) is 69.2 Å². The lowest BCUT2D eigenvalue weighted by atomic mass is 9.85. The number of anilines is 3. The van der Waals surface area contributed by atoms with Crippen LogP contribution in [0.15, 0.2) is 12.1 Å². The van der Waals surface area contributed by atoms with E-state index in [1.54, 1.807) is 19.9 Å². The molecule has 0 bridgehead atoms. The van der Waals surface area contributed by atoms with Gasteiger partial charge in [0.15, 0.2) is 0 Å². The maximum atomic E-state index is 13.3. The van der Waals surface area contributed by atoms with Gasteiger partial charge in [0.25, 0.3) is 5.91 Å². The number of fused-ring (bicyclic) bond motifs is 1. The number of hydrogen-bond acceptors (Lipinski definition) is 5. The fourth-order valence-corrected chi connectivity index (χ4v) is 5.85. The molecule has 0 radical (unpaired) electrons. The van der Waals surface area contributed by atoms with E-state index < -0.39 is 23.2 Å². The van der Waals surface area contributed by atoms with Crippen LogP contribution in [0.25, 0.3) is 0 Å². The maximum Gasteiger partial charge on any atom is 0.391 e. The third-order valence-electron chi connectivity index (χ3n) is 8.55. The lowest BCUT2D eigenvalue weighted by molar-refractivity contribution is -0.182. The molecule has 5 rings (SSSR count). The lowest BCUT2D eigenvalue weighted by Crippen LogP contribution is -2.44. The Hall–Kier alpha value is -2.16. The van der Waals surface area contributed by atoms with Gasteiger partial charge < -0.3 is 26.4 Å². The highest BCUT2D eigenvalue weighted by atomic mass is 19.4. The van der Waals surface area contributed by atoms with Crippen LogP contribution in [0.5, 0.6) is 0 Å². The number of nitrogens with two attached hydrogens (primary N) is 1. The van der Waals surface area contributed by atoms with E-state index in [4.69, 9.17) is 5.73 Å². The Bertz CT molecular complexity index is 952. The molecule has 0 spiro atoms. The largest absolute Gasteiger partial charge is 0.397 e. The fourth-order valence-electron chi connectivity index (χ4n) is 5.85. The second kappa shape index (κ2) is 7.93. The summed E-state index contributed by atoms with van der Waals surface area (Å²) in [6.45, 7) is 5.35. The van der Waals surface area contributed by atoms with Crippen molar-refractivity contribution in [3.63, 3.8) is 0 Å². The monoisotopic (exact) mass is 480 g/mol. The fraction of sp³-hybridized carbons (Fsp3) is 0.720. The van der Waals surface area contributed by atoms with Crippen molar-refractivity contribution >= 4 is 23.0 Å². The third-order valence-corrected chi connectivity index (χ3v) is 8.55. The SMILES string of the molecule is CC(C)(O)C1(Nc2cc(N3CC4CC4C3)c(C(=O)N[C@H]3CC[C@H](C(F)(F)F)CC3)cc2N)CC1. The highest BCUT2D eigenvalue weighted by molar-refractivity contribution is 6.02. The number of benzene rings is 1. The van der Waals surface area contributed by atoms with E-state index in [1.165, 1.54) is 6.42 Å². The average Bonchev–Trinajstić information content (AvgIpc) is 3.66. The van der Waals surface area contributed by atoms with Crippen LogP contribution in [0.3, 0.4) is 0 Å². The van der Waals surface area contributed by atoms with E-state index in [0.29, 0.717) is 41.6 Å². The second-order valence-electron chi connectivity index (χ2n) is 11.4. The summed E-state index contributed by atoms with van der Waals surface area (Å²) in [6, 6.07) is 3.33. The molecular weight excluding hydrogens is 445 g/mol. The summed E-state index contributed by atoms with van der Waals surface area (Å²) in [5.41, 5.74) is 7.42. The van der Waals surface area contributed by atoms with Crippen molar-refractivity contribution in [2.75, 3.05) is 29.0 Å². The average molecular weight is 481 g/mol. The smallest absolute Gasteiger partial charge is 0.391 e. The number of hydrogen-bond donors (Lipinski definition) is 4. The first-order valence-corrected chi connectivity index (χ1v) is 12.4. The zero-order chi connectivity index (χ0) is 24.5. The Morgan fingerprint density at radius 2 is 1.74 bits per heavy atom. The van der Waals surface area contributed by atoms with Crippen molar-refractivity contribution in [2.45, 2.75) is 82.2 Å². The van der Waals surface area contributed by atoms with Gasteiger partial charge in [0.1, 0.15) is 0 Å². The molecule has 5 N–H and O–H groups in total. The number of nitrogen functional groups attached to an aromatic ring is 1. The standard InChI is InChI=1S/C25H35F3N4O2/c1-23(2,34)24(7-8-24)31-20-11-21(32-12-14-9-15(14)13-32)18(10-19(20)29)22(33)30-17-5-3-16(4-6-17)25(26,27)28/h10-11,14-17,31,34H,3-9,12-13,29H2,1-2H3,(H,30,33)/t14?,15?,16-,17-. The summed E-state index contributed by atoms with van der Waals surface area (Å²) >= 11 is 0. The molecule has 0 aromatic heterocycles. The zero-order valence-electron chi connectivity index (χ0n) is 19.8. The molecule has 34 heavy (non-hydrogen) atoms. The molecule has 1 heterocycles. The summed E-state index contributed by atoms with van der Waals surface area (Å²) in [5, 5.41) is 17.1. The number of piperidine rings is 1. The number of alkyl halides is 3. The van der Waals surface area contributed by atoms with Crippen molar-refractivity contribution in [1.82, 2.24) is 5.32 Å². The number of nitrogens with zero attached hydrogens (tertiary/aromatic N) is 1. The van der Waals surface area contributed by atoms with Crippen LogP contribution in [0, 0.1) is 17.8 Å². The maximum absolute atomic E-state index is 13.3. The van der Waals surface area contributed by atoms with Crippen LogP contribution in [-0.2, 0) is 0 Å². The summed E-state index contributed by atoms with van der Waals surface area (Å²) in [7, 11) is 0. The summed E-state index contributed by atoms with van der Waals surface area (Å²) < 4.78 is 39.0. The number of carbonyl (C=O) groups excluding carboxylic acids is 1. The van der Waals surface area contributed by atoms with E-state index >= 15 is 0 Å². The molecule has 1 amide bonds. The first-order valence-electron chi connectivity index (χ1n) is 12.4. The molecule has 2 unspecified atom stereocenters. The molecule has 1 aliphatic heterocycles. The minimum atomic E-state index is -4.17. The quantitative estimate of drug-likeness (QED) is 0.456. The van der Waals surface area contributed by atoms with Crippen LogP contribution in [-0.4, -0.2) is 47.5 Å². The molecule has 1 aromatic carbocycles. The van der Waals surface area contributed by atoms with E-state index in [9.17, 15) is 23.1 Å². The van der Waals surface area contributed by atoms with Crippen LogP contribution in [0.2, 0.25) is 0 Å². The predicted molar refractivity (Wildman–Crippen MR) is 126 cm³/mol. The highest BCUT2D eigenvalue weighted by Gasteiger charge is 2.54. The predicted octanol–water partition coefficient (Wildman–Crippen LogP) is 4.29. The summed E-state index contributed by atoms with van der Waals surface area (Å²) in [4.78, 5) is 15.5. The Kier molecular flexibility index (Phi) is 5.50. The Morgan fingerprint density at radius 1 is 1.12 bits per heavy atom. The van der Waals surface area contributed by atoms with Gasteiger partial charge in [-0.15, -0.1) is 0 Å². The lowest BCUT2D eigenvalue weighted by Gasteiger charge is -2.33. The molecule has 1 saturated heterocycles. The van der Waals surface area contributed by atoms with Gasteiger partial charge in [-0.25, -0.2) is 0 Å². The molecule has 6 nitrogen and oxygen atoms in total. The number of carbonyl (C=O) groups is 1. The van der Waals surface area contributed by atoms with Crippen LogP contribution in [0.4, 0.5) is 30.2 Å². The van der Waals surface area contributed by atoms with Gasteiger partial charge in [0.2, 0.25) is 0 Å². The summed E-state index contributed by atoms with van der Waals surface area (Å²) in [5.74, 6) is -0.241. The van der Waals surface area contributed by atoms with E-state index in [0.717, 1.165) is 31.6 Å². The van der Waals surface area contributed by atoms with Gasteiger partial charge >= 0.3 is 6.18 Å².